The summed E-state index contributed by atoms with van der Waals surface area (Å²) in [6.07, 6.45) is -1.68. The molecule has 1 amide bonds. The van der Waals surface area contributed by atoms with E-state index in [1.807, 2.05) is 13.8 Å². The maximum atomic E-state index is 12.6. The van der Waals surface area contributed by atoms with Crippen LogP contribution in [0, 0.1) is 5.41 Å². The number of nitrogens with zero attached hydrogens (tertiary/aromatic N) is 2. The summed E-state index contributed by atoms with van der Waals surface area (Å²) in [7, 11) is 0. The van der Waals surface area contributed by atoms with E-state index in [1.165, 1.54) is 4.90 Å². The van der Waals surface area contributed by atoms with Gasteiger partial charge in [0.1, 0.15) is 5.69 Å². The number of nitrogens with one attached hydrogen (secondary N) is 1. The number of halogens is 3. The molecule has 0 unspecified atom stereocenters. The summed E-state index contributed by atoms with van der Waals surface area (Å²) in [5.74, 6) is -1.71. The van der Waals surface area contributed by atoms with Gasteiger partial charge in [0, 0.05) is 19.2 Å². The van der Waals surface area contributed by atoms with Crippen molar-refractivity contribution in [3.63, 3.8) is 0 Å². The van der Waals surface area contributed by atoms with E-state index in [4.69, 9.17) is 0 Å². The number of carboxylic acid groups (broad SMARTS) is 1. The highest BCUT2D eigenvalue weighted by Crippen LogP contribution is 2.35. The van der Waals surface area contributed by atoms with Crippen LogP contribution in [0.25, 0.3) is 0 Å². The molecule has 0 aliphatic carbocycles. The van der Waals surface area contributed by atoms with E-state index in [9.17, 15) is 27.9 Å². The molecule has 0 saturated carbocycles. The number of carboxylic acids is 1. The third kappa shape index (κ3) is 4.21. The molecule has 2 rings (SSSR count). The number of allylic oxidation sites excluding steroid dienone is 2. The molecule has 9 heteroatoms. The fourth-order valence-corrected chi connectivity index (χ4v) is 2.87. The molecule has 0 bridgehead atoms. The lowest BCUT2D eigenvalue weighted by Gasteiger charge is -2.39. The van der Waals surface area contributed by atoms with Gasteiger partial charge in [-0.15, -0.1) is 0 Å². The number of aliphatic carboxylic acids is 1. The van der Waals surface area contributed by atoms with Gasteiger partial charge in [-0.1, -0.05) is 11.6 Å². The first-order valence-electron chi connectivity index (χ1n) is 7.84. The molecule has 6 nitrogen and oxygen atoms in total. The monoisotopic (exact) mass is 359 g/mol. The number of hydrogen-bond acceptors (Lipinski definition) is 3. The van der Waals surface area contributed by atoms with Crippen LogP contribution < -0.4 is 0 Å². The number of alkyl halides is 3. The second-order valence-electron chi connectivity index (χ2n) is 6.57. The van der Waals surface area contributed by atoms with Crippen molar-refractivity contribution < 1.29 is 27.9 Å². The highest BCUT2D eigenvalue weighted by atomic mass is 19.4. The van der Waals surface area contributed by atoms with E-state index < -0.39 is 29.2 Å². The Hall–Kier alpha value is -2.32. The van der Waals surface area contributed by atoms with Crippen LogP contribution in [0.5, 0.6) is 0 Å². The summed E-state index contributed by atoms with van der Waals surface area (Å²) in [5.41, 5.74) is -1.64. The molecular weight excluding hydrogens is 339 g/mol. The summed E-state index contributed by atoms with van der Waals surface area (Å²) in [5, 5.41) is 14.9. The van der Waals surface area contributed by atoms with Crippen LogP contribution in [0.1, 0.15) is 49.3 Å². The lowest BCUT2D eigenvalue weighted by molar-refractivity contribution is -0.151. The van der Waals surface area contributed by atoms with Gasteiger partial charge in [-0.3, -0.25) is 14.7 Å². The van der Waals surface area contributed by atoms with Gasteiger partial charge >= 0.3 is 12.1 Å². The van der Waals surface area contributed by atoms with Gasteiger partial charge in [-0.25, -0.2) is 0 Å². The molecule has 1 fully saturated rings. The number of carbonyl (C=O) groups excluding carboxylic acids is 1. The van der Waals surface area contributed by atoms with Crippen LogP contribution in [0.3, 0.4) is 0 Å². The average Bonchev–Trinajstić information content (AvgIpc) is 3.02. The summed E-state index contributed by atoms with van der Waals surface area (Å²) in [6.45, 7) is 3.93. The molecule has 1 atom stereocenters. The van der Waals surface area contributed by atoms with Crippen LogP contribution in [0.15, 0.2) is 17.7 Å². The Labute approximate surface area is 142 Å². The van der Waals surface area contributed by atoms with Gasteiger partial charge in [-0.2, -0.15) is 18.3 Å². The minimum Gasteiger partial charge on any atom is -0.481 e. The van der Waals surface area contributed by atoms with E-state index in [0.29, 0.717) is 18.9 Å². The highest BCUT2D eigenvalue weighted by molar-refractivity contribution is 5.93. The number of piperidine rings is 1. The molecule has 1 aliphatic heterocycles. The quantitative estimate of drug-likeness (QED) is 0.809. The zero-order valence-corrected chi connectivity index (χ0v) is 14.0. The summed E-state index contributed by atoms with van der Waals surface area (Å²) in [4.78, 5) is 25.5. The van der Waals surface area contributed by atoms with Crippen molar-refractivity contribution in [3.8, 4) is 0 Å². The first-order valence-corrected chi connectivity index (χ1v) is 7.84. The number of H-pyrrole nitrogens is 1. The maximum Gasteiger partial charge on any atom is 0.432 e. The third-order valence-electron chi connectivity index (χ3n) is 4.32. The van der Waals surface area contributed by atoms with Crippen molar-refractivity contribution in [1.82, 2.24) is 15.1 Å². The van der Waals surface area contributed by atoms with E-state index >= 15 is 0 Å². The third-order valence-corrected chi connectivity index (χ3v) is 4.32. The molecule has 1 aromatic heterocycles. The van der Waals surface area contributed by atoms with Crippen LogP contribution in [0.2, 0.25) is 0 Å². The zero-order valence-electron chi connectivity index (χ0n) is 14.0. The zero-order chi connectivity index (χ0) is 18.8. The Kier molecular flexibility index (Phi) is 5.24. The number of rotatable bonds is 4. The number of aromatic nitrogens is 2. The van der Waals surface area contributed by atoms with Gasteiger partial charge in [-0.05, 0) is 33.1 Å². The highest BCUT2D eigenvalue weighted by Gasteiger charge is 2.43. The number of aromatic amines is 1. The number of hydrogen-bond donors (Lipinski definition) is 2. The molecule has 1 aliphatic rings. The molecule has 0 aromatic carbocycles. The predicted molar refractivity (Wildman–Crippen MR) is 82.8 cm³/mol. The van der Waals surface area contributed by atoms with E-state index in [0.717, 1.165) is 5.57 Å². The normalized spacial score (nSPS) is 21.1. The molecule has 25 heavy (non-hydrogen) atoms. The predicted octanol–water partition coefficient (Wildman–Crippen LogP) is 3.09. The van der Waals surface area contributed by atoms with E-state index in [-0.39, 0.29) is 25.2 Å². The van der Waals surface area contributed by atoms with Gasteiger partial charge in [0.15, 0.2) is 5.69 Å². The Bertz CT molecular complexity index is 692. The Morgan fingerprint density at radius 3 is 2.64 bits per heavy atom. The second-order valence-corrected chi connectivity index (χ2v) is 6.57. The fraction of sp³-hybridized carbons (Fsp3) is 0.562. The number of carbonyl (C=O) groups is 2. The van der Waals surface area contributed by atoms with Gasteiger partial charge < -0.3 is 10.0 Å². The average molecular weight is 359 g/mol. The van der Waals surface area contributed by atoms with Gasteiger partial charge in [0.25, 0.3) is 5.91 Å². The lowest BCUT2D eigenvalue weighted by atomic mass is 9.76. The van der Waals surface area contributed by atoms with Crippen molar-refractivity contribution in [2.75, 3.05) is 13.1 Å². The van der Waals surface area contributed by atoms with Crippen molar-refractivity contribution >= 4 is 11.9 Å². The number of likely N-dealkylation sites (tertiary alicyclic amines) is 1. The summed E-state index contributed by atoms with van der Waals surface area (Å²) in [6, 6.07) is 0.648. The number of amides is 1. The second kappa shape index (κ2) is 6.89. The Morgan fingerprint density at radius 2 is 2.12 bits per heavy atom. The van der Waals surface area contributed by atoms with E-state index in [2.05, 4.69) is 5.10 Å². The van der Waals surface area contributed by atoms with E-state index in [1.54, 1.807) is 11.2 Å². The lowest BCUT2D eigenvalue weighted by Crippen LogP contribution is -2.49. The summed E-state index contributed by atoms with van der Waals surface area (Å²) >= 11 is 0. The van der Waals surface area contributed by atoms with Crippen molar-refractivity contribution in [2.45, 2.75) is 39.3 Å². The molecule has 138 valence electrons. The van der Waals surface area contributed by atoms with Crippen molar-refractivity contribution in [2.24, 2.45) is 5.41 Å². The molecule has 0 radical (unpaired) electrons. The molecule has 1 aromatic rings. The SMILES string of the molecule is CC(C)=CC[C@]1(C(=O)O)CCCN(C(=O)c2cc(C(F)(F)F)[nH]n2)C1. The Balaban J connectivity index is 2.21. The first-order chi connectivity index (χ1) is 11.5. The minimum absolute atomic E-state index is 0.0564. The largest absolute Gasteiger partial charge is 0.481 e. The minimum atomic E-state index is -4.62. The van der Waals surface area contributed by atoms with Gasteiger partial charge in [0.05, 0.1) is 5.41 Å². The molecule has 2 N–H and O–H groups in total. The maximum absolute atomic E-state index is 12.6. The Morgan fingerprint density at radius 1 is 1.44 bits per heavy atom. The topological polar surface area (TPSA) is 86.3 Å². The van der Waals surface area contributed by atoms with Crippen molar-refractivity contribution in [3.05, 3.63) is 29.1 Å². The van der Waals surface area contributed by atoms with Crippen LogP contribution in [-0.4, -0.2) is 45.2 Å². The van der Waals surface area contributed by atoms with Gasteiger partial charge in [0.2, 0.25) is 0 Å². The first kappa shape index (κ1) is 19.0. The molecular formula is C16H20F3N3O3. The smallest absolute Gasteiger partial charge is 0.432 e. The fourth-order valence-electron chi connectivity index (χ4n) is 2.87. The van der Waals surface area contributed by atoms with Crippen LogP contribution >= 0.6 is 0 Å². The molecule has 2 heterocycles. The van der Waals surface area contributed by atoms with Crippen molar-refractivity contribution in [1.29, 1.82) is 0 Å². The summed E-state index contributed by atoms with van der Waals surface area (Å²) < 4.78 is 37.9. The van der Waals surface area contributed by atoms with Crippen LogP contribution in [0.4, 0.5) is 13.2 Å². The standard InChI is InChI=1S/C16H20F3N3O3/c1-10(2)4-6-15(14(24)25)5-3-7-22(9-15)13(23)11-8-12(21-20-11)16(17,18)19/h4,8H,3,5-7,9H2,1-2H3,(H,20,21)(H,24,25)/t15-/m1/s1. The molecule has 1 saturated heterocycles. The molecule has 0 spiro atoms. The van der Waals surface area contributed by atoms with Crippen LogP contribution in [-0.2, 0) is 11.0 Å².